The molecule has 190 valence electrons. The van der Waals surface area contributed by atoms with Crippen molar-refractivity contribution in [3.05, 3.63) is 27.8 Å². The van der Waals surface area contributed by atoms with Gasteiger partial charge in [-0.15, -0.1) is 6.42 Å². The minimum absolute atomic E-state index is 0.0285. The number of hydrogen-bond acceptors (Lipinski definition) is 9. The highest BCUT2D eigenvalue weighted by molar-refractivity contribution is 7.89. The van der Waals surface area contributed by atoms with Crippen LogP contribution in [-0.2, 0) is 24.3 Å². The van der Waals surface area contributed by atoms with E-state index in [4.69, 9.17) is 10.6 Å². The van der Waals surface area contributed by atoms with Crippen molar-refractivity contribution in [2.45, 2.75) is 31.1 Å². The van der Waals surface area contributed by atoms with E-state index in [1.807, 2.05) is 14.0 Å². The van der Waals surface area contributed by atoms with E-state index < -0.39 is 30.8 Å². The zero-order chi connectivity index (χ0) is 25.5. The monoisotopic (exact) mass is 516 g/mol. The van der Waals surface area contributed by atoms with Gasteiger partial charge in [-0.05, 0) is 39.4 Å². The van der Waals surface area contributed by atoms with E-state index in [1.165, 1.54) is 4.31 Å². The lowest BCUT2D eigenvalue weighted by molar-refractivity contribution is -0.385. The lowest BCUT2D eigenvalue weighted by Gasteiger charge is -2.31. The van der Waals surface area contributed by atoms with Crippen molar-refractivity contribution < 1.29 is 25.9 Å². The Hall–Kier alpha value is -2.24. The number of sulfonamides is 1. The van der Waals surface area contributed by atoms with Gasteiger partial charge in [0.25, 0.3) is 15.8 Å². The van der Waals surface area contributed by atoms with E-state index >= 15 is 0 Å². The molecule has 0 unspecified atom stereocenters. The van der Waals surface area contributed by atoms with Crippen LogP contribution in [0, 0.1) is 22.5 Å². The maximum absolute atomic E-state index is 13.8. The number of benzene rings is 1. The van der Waals surface area contributed by atoms with E-state index in [0.717, 1.165) is 31.5 Å². The molecule has 1 aromatic carbocycles. The molecule has 0 spiro atoms. The molecule has 1 aromatic rings. The van der Waals surface area contributed by atoms with Crippen LogP contribution in [0.1, 0.15) is 31.7 Å². The van der Waals surface area contributed by atoms with Crippen molar-refractivity contribution in [3.63, 3.8) is 0 Å². The average molecular weight is 517 g/mol. The van der Waals surface area contributed by atoms with Crippen molar-refractivity contribution in [2.75, 3.05) is 64.1 Å². The summed E-state index contributed by atoms with van der Waals surface area (Å²) in [6.45, 7) is 4.01. The van der Waals surface area contributed by atoms with Crippen LogP contribution in [0.4, 0.5) is 11.4 Å². The van der Waals surface area contributed by atoms with Gasteiger partial charge in [0, 0.05) is 38.3 Å². The van der Waals surface area contributed by atoms with Gasteiger partial charge in [-0.25, -0.2) is 8.42 Å². The van der Waals surface area contributed by atoms with Gasteiger partial charge in [0.1, 0.15) is 4.90 Å². The molecular weight excluding hydrogens is 484 g/mol. The molecule has 1 aliphatic rings. The molecule has 0 aliphatic carbocycles. The largest absolute Gasteiger partial charge is 0.367 e. The Labute approximate surface area is 202 Å². The topological polar surface area (TPSA) is 130 Å². The van der Waals surface area contributed by atoms with Gasteiger partial charge in [0.2, 0.25) is 10.0 Å². The zero-order valence-corrected chi connectivity index (χ0v) is 21.4. The van der Waals surface area contributed by atoms with Crippen LogP contribution < -0.4 is 4.90 Å². The molecular formula is C21H32N4O7S2. The highest BCUT2D eigenvalue weighted by Gasteiger charge is 2.33. The molecule has 1 fully saturated rings. The molecule has 11 nitrogen and oxygen atoms in total. The Morgan fingerprint density at radius 2 is 1.76 bits per heavy atom. The summed E-state index contributed by atoms with van der Waals surface area (Å²) in [7, 11) is -5.87. The first-order valence-corrected chi connectivity index (χ1v) is 14.2. The summed E-state index contributed by atoms with van der Waals surface area (Å²) in [4.78, 5) is 14.4. The van der Waals surface area contributed by atoms with E-state index in [1.54, 1.807) is 4.90 Å². The van der Waals surface area contributed by atoms with Crippen LogP contribution in [0.3, 0.4) is 0 Å². The smallest absolute Gasteiger partial charge is 0.272 e. The molecule has 0 aromatic heterocycles. The zero-order valence-electron chi connectivity index (χ0n) is 19.8. The van der Waals surface area contributed by atoms with Gasteiger partial charge in [0.15, 0.2) is 0 Å². The summed E-state index contributed by atoms with van der Waals surface area (Å²) < 4.78 is 56.6. The normalized spacial score (nSPS) is 16.4. The third kappa shape index (κ3) is 7.38. The van der Waals surface area contributed by atoms with Crippen molar-refractivity contribution in [2.24, 2.45) is 0 Å². The van der Waals surface area contributed by atoms with Gasteiger partial charge in [-0.1, -0.05) is 12.8 Å². The first-order valence-electron chi connectivity index (χ1n) is 11.0. The summed E-state index contributed by atoms with van der Waals surface area (Å²) in [5, 5.41) is 11.6. The second-order valence-electron chi connectivity index (χ2n) is 8.17. The van der Waals surface area contributed by atoms with Crippen molar-refractivity contribution >= 4 is 31.5 Å². The lowest BCUT2D eigenvalue weighted by atomic mass is 10.1. The first-order chi connectivity index (χ1) is 15.9. The minimum Gasteiger partial charge on any atom is -0.367 e. The Balaban J connectivity index is 2.62. The van der Waals surface area contributed by atoms with E-state index in [9.17, 15) is 26.9 Å². The van der Waals surface area contributed by atoms with Crippen LogP contribution in [0.2, 0.25) is 0 Å². The summed E-state index contributed by atoms with van der Waals surface area (Å²) in [6, 6.07) is 2.20. The maximum Gasteiger partial charge on any atom is 0.272 e. The number of non-ortho nitro benzene ring substituents is 1. The number of terminal acetylenes is 1. The number of nitro benzene ring substituents is 1. The number of nitro groups is 1. The number of anilines is 1. The van der Waals surface area contributed by atoms with Gasteiger partial charge < -0.3 is 9.80 Å². The van der Waals surface area contributed by atoms with Crippen LogP contribution in [-0.4, -0.2) is 90.1 Å². The minimum atomic E-state index is -4.14. The second kappa shape index (κ2) is 11.9. The predicted molar refractivity (Wildman–Crippen MR) is 130 cm³/mol. The molecule has 34 heavy (non-hydrogen) atoms. The molecule has 13 heteroatoms. The molecule has 0 saturated carbocycles. The summed E-state index contributed by atoms with van der Waals surface area (Å²) in [5.41, 5.74) is -0.232. The van der Waals surface area contributed by atoms with E-state index in [2.05, 4.69) is 10.8 Å². The Bertz CT molecular complexity index is 1120. The predicted octanol–water partition coefficient (Wildman–Crippen LogP) is 1.49. The van der Waals surface area contributed by atoms with Crippen LogP contribution in [0.5, 0.6) is 0 Å². The van der Waals surface area contributed by atoms with Crippen molar-refractivity contribution in [1.82, 2.24) is 9.21 Å². The molecule has 0 amide bonds. The van der Waals surface area contributed by atoms with Gasteiger partial charge in [-0.2, -0.15) is 12.7 Å². The summed E-state index contributed by atoms with van der Waals surface area (Å²) in [5.74, 6) is 2.39. The fraction of sp³-hybridized carbons (Fsp3) is 0.619. The molecule has 1 saturated heterocycles. The Kier molecular flexibility index (Phi) is 9.84. The Morgan fingerprint density at radius 3 is 2.26 bits per heavy atom. The highest BCUT2D eigenvalue weighted by atomic mass is 32.2. The molecule has 0 atom stereocenters. The fourth-order valence-corrected chi connectivity index (χ4v) is 6.02. The molecule has 0 radical (unpaired) electrons. The molecule has 0 bridgehead atoms. The highest BCUT2D eigenvalue weighted by Crippen LogP contribution is 2.36. The molecule has 2 rings (SSSR count). The number of rotatable bonds is 10. The fourth-order valence-electron chi connectivity index (χ4n) is 3.87. The number of hydrogen-bond donors (Lipinski definition) is 0. The molecule has 1 heterocycles. The third-order valence-corrected chi connectivity index (χ3v) is 7.91. The van der Waals surface area contributed by atoms with Crippen LogP contribution >= 0.6 is 0 Å². The summed E-state index contributed by atoms with van der Waals surface area (Å²) >= 11 is 0. The standard InChI is InChI=1S/C21H32N4O7S2/c1-5-9-23(14-15-32-33(4,28)29)21-18(6-2)16-19(25(26)27)17-20(21)34(30,31)24-12-7-10-22(3)11-8-13-24/h2,16-17H,5,7-15H2,1,3-4H3. The SMILES string of the molecule is C#Cc1cc([N+](=O)[O-])cc(S(=O)(=O)N2CCCN(C)CCC2)c1N(CCC)CCOS(C)(=O)=O. The molecule has 0 N–H and O–H groups in total. The average Bonchev–Trinajstić information content (AvgIpc) is 2.73. The molecule has 1 aliphatic heterocycles. The maximum atomic E-state index is 13.8. The lowest BCUT2D eigenvalue weighted by Crippen LogP contribution is -2.39. The quantitative estimate of drug-likeness (QED) is 0.196. The Morgan fingerprint density at radius 1 is 1.15 bits per heavy atom. The van der Waals surface area contributed by atoms with Gasteiger partial charge in [-0.3, -0.25) is 14.3 Å². The summed E-state index contributed by atoms with van der Waals surface area (Å²) in [6.07, 6.45) is 8.41. The van der Waals surface area contributed by atoms with Crippen LogP contribution in [0.15, 0.2) is 17.0 Å². The third-order valence-electron chi connectivity index (χ3n) is 5.41. The van der Waals surface area contributed by atoms with Gasteiger partial charge >= 0.3 is 0 Å². The number of nitrogens with zero attached hydrogens (tertiary/aromatic N) is 4. The van der Waals surface area contributed by atoms with Crippen molar-refractivity contribution in [3.8, 4) is 12.3 Å². The van der Waals surface area contributed by atoms with Crippen molar-refractivity contribution in [1.29, 1.82) is 0 Å². The van der Waals surface area contributed by atoms with E-state index in [-0.39, 0.29) is 42.4 Å². The second-order valence-corrected chi connectivity index (χ2v) is 11.7. The first kappa shape index (κ1) is 28.0. The van der Waals surface area contributed by atoms with Crippen LogP contribution in [0.25, 0.3) is 0 Å². The van der Waals surface area contributed by atoms with Gasteiger partial charge in [0.05, 0.1) is 29.0 Å². The van der Waals surface area contributed by atoms with E-state index in [0.29, 0.717) is 25.8 Å².